The van der Waals surface area contributed by atoms with Crippen LogP contribution in [-0.4, -0.2) is 28.5 Å². The molecule has 3 aromatic rings. The summed E-state index contributed by atoms with van der Waals surface area (Å²) < 4.78 is 47.4. The van der Waals surface area contributed by atoms with E-state index in [1.165, 1.54) is 24.3 Å². The number of carbonyl (C=O) groups is 1. The normalized spacial score (nSPS) is 11.9. The second kappa shape index (κ2) is 9.09. The number of allylic oxidation sites excluding steroid dienone is 1. The fourth-order valence-corrected chi connectivity index (χ4v) is 2.61. The van der Waals surface area contributed by atoms with Crippen molar-refractivity contribution >= 4 is 17.2 Å². The molecular formula is C21H18F3N3O2. The van der Waals surface area contributed by atoms with Crippen molar-refractivity contribution in [2.75, 3.05) is 11.9 Å². The van der Waals surface area contributed by atoms with Crippen LogP contribution < -0.4 is 10.1 Å². The van der Waals surface area contributed by atoms with Crippen molar-refractivity contribution in [2.24, 2.45) is 0 Å². The maximum absolute atomic E-state index is 13.3. The standard InChI is InChI=1S/C21H18F3N3O2/c22-21(23,24)19(16-6-2-1-3-7-16)15-20(28)26-17-8-4-9-18(14-17)29-13-12-27-11-5-10-25-27/h1-11,14-15H,12-13H2,(H,26,28)/b19-15+. The molecule has 0 unspecified atom stereocenters. The van der Waals surface area contributed by atoms with E-state index in [0.29, 0.717) is 30.7 Å². The SMILES string of the molecule is O=C(/C=C(\c1ccccc1)C(F)(F)F)Nc1cccc(OCCn2cccn2)c1. The maximum atomic E-state index is 13.3. The topological polar surface area (TPSA) is 56.1 Å². The highest BCUT2D eigenvalue weighted by atomic mass is 19.4. The minimum absolute atomic E-state index is 0.0779. The molecule has 0 fully saturated rings. The lowest BCUT2D eigenvalue weighted by molar-refractivity contribution is -0.112. The van der Waals surface area contributed by atoms with Gasteiger partial charge < -0.3 is 10.1 Å². The fraction of sp³-hybridized carbons (Fsp3) is 0.143. The number of rotatable bonds is 7. The third-order valence-electron chi connectivity index (χ3n) is 3.92. The molecular weight excluding hydrogens is 383 g/mol. The molecule has 0 saturated heterocycles. The number of aromatic nitrogens is 2. The van der Waals surface area contributed by atoms with Gasteiger partial charge in [-0.2, -0.15) is 18.3 Å². The van der Waals surface area contributed by atoms with E-state index in [-0.39, 0.29) is 5.56 Å². The summed E-state index contributed by atoms with van der Waals surface area (Å²) in [7, 11) is 0. The third-order valence-corrected chi connectivity index (χ3v) is 3.92. The van der Waals surface area contributed by atoms with Crippen LogP contribution in [0.25, 0.3) is 5.57 Å². The molecule has 0 spiro atoms. The van der Waals surface area contributed by atoms with E-state index in [1.807, 2.05) is 0 Å². The van der Waals surface area contributed by atoms with Gasteiger partial charge in [0.05, 0.1) is 12.1 Å². The van der Waals surface area contributed by atoms with Gasteiger partial charge in [-0.3, -0.25) is 9.48 Å². The molecule has 0 atom stereocenters. The van der Waals surface area contributed by atoms with Crippen LogP contribution in [0.4, 0.5) is 18.9 Å². The smallest absolute Gasteiger partial charge is 0.417 e. The zero-order chi connectivity index (χ0) is 20.7. The number of nitrogens with one attached hydrogen (secondary N) is 1. The van der Waals surface area contributed by atoms with E-state index >= 15 is 0 Å². The van der Waals surface area contributed by atoms with E-state index in [1.54, 1.807) is 53.5 Å². The molecule has 1 N–H and O–H groups in total. The van der Waals surface area contributed by atoms with Crippen molar-refractivity contribution in [1.82, 2.24) is 9.78 Å². The Balaban J connectivity index is 1.67. The summed E-state index contributed by atoms with van der Waals surface area (Å²) in [6, 6.07) is 15.4. The molecule has 2 aromatic carbocycles. The van der Waals surface area contributed by atoms with Crippen molar-refractivity contribution in [2.45, 2.75) is 12.7 Å². The Kier molecular flexibility index (Phi) is 6.33. The number of amides is 1. The Morgan fingerprint density at radius 1 is 1.10 bits per heavy atom. The summed E-state index contributed by atoms with van der Waals surface area (Å²) in [5.41, 5.74) is -0.759. The van der Waals surface area contributed by atoms with Crippen molar-refractivity contribution in [3.8, 4) is 5.75 Å². The molecule has 0 bridgehead atoms. The van der Waals surface area contributed by atoms with E-state index in [0.717, 1.165) is 0 Å². The lowest BCUT2D eigenvalue weighted by atomic mass is 10.1. The predicted octanol–water partition coefficient (Wildman–Crippen LogP) is 4.55. The molecule has 0 aliphatic carbocycles. The number of hydrogen-bond donors (Lipinski definition) is 1. The molecule has 0 aliphatic rings. The summed E-state index contributed by atoms with van der Waals surface area (Å²) >= 11 is 0. The molecule has 150 valence electrons. The highest BCUT2D eigenvalue weighted by Crippen LogP contribution is 2.33. The number of alkyl halides is 3. The van der Waals surface area contributed by atoms with Gasteiger partial charge in [0.1, 0.15) is 12.4 Å². The van der Waals surface area contributed by atoms with Gasteiger partial charge in [-0.05, 0) is 23.8 Å². The molecule has 1 aromatic heterocycles. The summed E-state index contributed by atoms with van der Waals surface area (Å²) in [6.45, 7) is 0.892. The molecule has 0 aliphatic heterocycles. The number of nitrogens with zero attached hydrogens (tertiary/aromatic N) is 2. The fourth-order valence-electron chi connectivity index (χ4n) is 2.61. The Bertz CT molecular complexity index is 968. The average Bonchev–Trinajstić information content (AvgIpc) is 3.20. The van der Waals surface area contributed by atoms with Gasteiger partial charge in [0.15, 0.2) is 0 Å². The first-order chi connectivity index (χ1) is 13.9. The van der Waals surface area contributed by atoms with E-state index < -0.39 is 17.7 Å². The van der Waals surface area contributed by atoms with Crippen LogP contribution in [0.1, 0.15) is 5.56 Å². The molecule has 1 amide bonds. The maximum Gasteiger partial charge on any atom is 0.417 e. The zero-order valence-corrected chi connectivity index (χ0v) is 15.3. The Hall–Kier alpha value is -3.55. The largest absolute Gasteiger partial charge is 0.492 e. The molecule has 0 saturated carbocycles. The lowest BCUT2D eigenvalue weighted by Crippen LogP contribution is -2.16. The van der Waals surface area contributed by atoms with Gasteiger partial charge in [-0.1, -0.05) is 36.4 Å². The van der Waals surface area contributed by atoms with Crippen LogP contribution in [0.2, 0.25) is 0 Å². The van der Waals surface area contributed by atoms with Crippen LogP contribution >= 0.6 is 0 Å². The quantitative estimate of drug-likeness (QED) is 0.591. The van der Waals surface area contributed by atoms with Crippen molar-refractivity contribution in [3.05, 3.63) is 84.7 Å². The van der Waals surface area contributed by atoms with Gasteiger partial charge in [-0.15, -0.1) is 0 Å². The monoisotopic (exact) mass is 401 g/mol. The zero-order valence-electron chi connectivity index (χ0n) is 15.3. The third kappa shape index (κ3) is 5.97. The van der Waals surface area contributed by atoms with Gasteiger partial charge in [0, 0.05) is 30.2 Å². The number of hydrogen-bond acceptors (Lipinski definition) is 3. The predicted molar refractivity (Wildman–Crippen MR) is 103 cm³/mol. The highest BCUT2D eigenvalue weighted by Gasteiger charge is 2.35. The number of benzene rings is 2. The first-order valence-corrected chi connectivity index (χ1v) is 8.77. The first-order valence-electron chi connectivity index (χ1n) is 8.77. The number of anilines is 1. The summed E-state index contributed by atoms with van der Waals surface area (Å²) in [6.07, 6.45) is -0.637. The van der Waals surface area contributed by atoms with Gasteiger partial charge in [0.2, 0.25) is 5.91 Å². The summed E-state index contributed by atoms with van der Waals surface area (Å²) in [5.74, 6) is -0.395. The van der Waals surface area contributed by atoms with Gasteiger partial charge >= 0.3 is 6.18 Å². The van der Waals surface area contributed by atoms with E-state index in [2.05, 4.69) is 10.4 Å². The van der Waals surface area contributed by atoms with E-state index in [9.17, 15) is 18.0 Å². The Morgan fingerprint density at radius 2 is 1.90 bits per heavy atom. The summed E-state index contributed by atoms with van der Waals surface area (Å²) in [4.78, 5) is 12.2. The average molecular weight is 401 g/mol. The van der Waals surface area contributed by atoms with Crippen LogP contribution in [0, 0.1) is 0 Å². The van der Waals surface area contributed by atoms with Crippen LogP contribution in [0.5, 0.6) is 5.75 Å². The number of carbonyl (C=O) groups excluding carboxylic acids is 1. The second-order valence-corrected chi connectivity index (χ2v) is 6.06. The Labute approximate surface area is 165 Å². The number of ether oxygens (including phenoxy) is 1. The first kappa shape index (κ1) is 20.2. The minimum atomic E-state index is -4.66. The minimum Gasteiger partial charge on any atom is -0.492 e. The molecule has 5 nitrogen and oxygen atoms in total. The van der Waals surface area contributed by atoms with Gasteiger partial charge in [-0.25, -0.2) is 0 Å². The van der Waals surface area contributed by atoms with Crippen molar-refractivity contribution in [1.29, 1.82) is 0 Å². The van der Waals surface area contributed by atoms with Crippen LogP contribution in [0.3, 0.4) is 0 Å². The molecule has 8 heteroatoms. The second-order valence-electron chi connectivity index (χ2n) is 6.06. The molecule has 29 heavy (non-hydrogen) atoms. The van der Waals surface area contributed by atoms with Crippen molar-refractivity contribution in [3.63, 3.8) is 0 Å². The van der Waals surface area contributed by atoms with E-state index in [4.69, 9.17) is 4.74 Å². The Morgan fingerprint density at radius 3 is 2.59 bits per heavy atom. The summed E-state index contributed by atoms with van der Waals surface area (Å²) in [5, 5.41) is 6.50. The van der Waals surface area contributed by atoms with Gasteiger partial charge in [0.25, 0.3) is 0 Å². The molecule has 0 radical (unpaired) electrons. The highest BCUT2D eigenvalue weighted by molar-refractivity contribution is 6.04. The molecule has 1 heterocycles. The molecule has 3 rings (SSSR count). The van der Waals surface area contributed by atoms with Crippen molar-refractivity contribution < 1.29 is 22.7 Å². The van der Waals surface area contributed by atoms with Crippen LogP contribution in [-0.2, 0) is 11.3 Å². The number of halogens is 3. The van der Waals surface area contributed by atoms with Crippen LogP contribution in [0.15, 0.2) is 79.1 Å². The lowest BCUT2D eigenvalue weighted by Gasteiger charge is -2.12.